The molecule has 4 heteroatoms. The van der Waals surface area contributed by atoms with Crippen LogP contribution in [0.4, 0.5) is 11.4 Å². The van der Waals surface area contributed by atoms with E-state index < -0.39 is 6.04 Å². The van der Waals surface area contributed by atoms with Gasteiger partial charge < -0.3 is 10.6 Å². The van der Waals surface area contributed by atoms with E-state index in [1.165, 1.54) is 0 Å². The molecule has 1 aliphatic heterocycles. The van der Waals surface area contributed by atoms with E-state index in [9.17, 15) is 4.79 Å². The average molecular weight is 259 g/mol. The molecular weight excluding hydrogens is 248 g/mol. The largest absolute Gasteiger partial charge is 0.368 e. The molecule has 0 aliphatic carbocycles. The van der Waals surface area contributed by atoms with Gasteiger partial charge in [-0.25, -0.2) is 0 Å². The van der Waals surface area contributed by atoms with Crippen LogP contribution in [0.5, 0.6) is 0 Å². The Morgan fingerprint density at radius 3 is 2.56 bits per heavy atom. The highest BCUT2D eigenvalue weighted by molar-refractivity contribution is 6.30. The molecule has 3 rings (SSSR count). The van der Waals surface area contributed by atoms with Crippen LogP contribution in [0.15, 0.2) is 48.5 Å². The van der Waals surface area contributed by atoms with Gasteiger partial charge in [0.25, 0.3) is 5.91 Å². The topological polar surface area (TPSA) is 41.1 Å². The Morgan fingerprint density at radius 1 is 1.00 bits per heavy atom. The van der Waals surface area contributed by atoms with Gasteiger partial charge in [0.2, 0.25) is 0 Å². The van der Waals surface area contributed by atoms with E-state index in [0.29, 0.717) is 5.02 Å². The minimum Gasteiger partial charge on any atom is -0.368 e. The molecule has 1 heterocycles. The van der Waals surface area contributed by atoms with E-state index >= 15 is 0 Å². The van der Waals surface area contributed by atoms with Crippen LogP contribution in [-0.4, -0.2) is 5.91 Å². The lowest BCUT2D eigenvalue weighted by atomic mass is 10.0. The van der Waals surface area contributed by atoms with E-state index in [1.54, 1.807) is 12.1 Å². The molecule has 0 radical (unpaired) electrons. The normalized spacial score (nSPS) is 17.6. The van der Waals surface area contributed by atoms with Crippen molar-refractivity contribution in [1.29, 1.82) is 0 Å². The maximum Gasteiger partial charge on any atom is 0.251 e. The third kappa shape index (κ3) is 1.93. The number of fused-ring (bicyclic) bond motifs is 1. The first-order chi connectivity index (χ1) is 8.74. The molecule has 90 valence electrons. The molecule has 2 aromatic rings. The maximum atomic E-state index is 12.1. The van der Waals surface area contributed by atoms with Crippen molar-refractivity contribution in [2.45, 2.75) is 6.04 Å². The van der Waals surface area contributed by atoms with E-state index in [-0.39, 0.29) is 5.91 Å². The lowest BCUT2D eigenvalue weighted by Gasteiger charge is -2.27. The van der Waals surface area contributed by atoms with E-state index in [2.05, 4.69) is 10.6 Å². The number of para-hydroxylation sites is 2. The summed E-state index contributed by atoms with van der Waals surface area (Å²) in [6, 6.07) is 14.5. The summed E-state index contributed by atoms with van der Waals surface area (Å²) in [6.45, 7) is 0. The van der Waals surface area contributed by atoms with Gasteiger partial charge in [0.1, 0.15) is 6.04 Å². The van der Waals surface area contributed by atoms with Crippen LogP contribution >= 0.6 is 11.6 Å². The van der Waals surface area contributed by atoms with Crippen LogP contribution in [-0.2, 0) is 4.79 Å². The summed E-state index contributed by atoms with van der Waals surface area (Å²) in [4.78, 5) is 12.1. The van der Waals surface area contributed by atoms with Gasteiger partial charge in [-0.1, -0.05) is 35.9 Å². The molecule has 2 N–H and O–H groups in total. The highest BCUT2D eigenvalue weighted by Gasteiger charge is 2.26. The molecule has 0 spiro atoms. The quantitative estimate of drug-likeness (QED) is 0.823. The molecule has 0 fully saturated rings. The maximum absolute atomic E-state index is 12.1. The molecule has 0 bridgehead atoms. The van der Waals surface area contributed by atoms with Crippen LogP contribution in [0.25, 0.3) is 0 Å². The molecule has 3 nitrogen and oxygen atoms in total. The Morgan fingerprint density at radius 2 is 1.78 bits per heavy atom. The number of hydrogen-bond acceptors (Lipinski definition) is 2. The third-order valence-electron chi connectivity index (χ3n) is 2.93. The summed E-state index contributed by atoms with van der Waals surface area (Å²) >= 11 is 5.95. The summed E-state index contributed by atoms with van der Waals surface area (Å²) in [5, 5.41) is 6.73. The van der Waals surface area contributed by atoms with Crippen molar-refractivity contribution in [3.8, 4) is 0 Å². The zero-order valence-corrected chi connectivity index (χ0v) is 10.2. The van der Waals surface area contributed by atoms with Gasteiger partial charge in [0, 0.05) is 5.02 Å². The minimum absolute atomic E-state index is 0.0732. The van der Waals surface area contributed by atoms with Crippen LogP contribution in [0.3, 0.4) is 0 Å². The Balaban J connectivity index is 1.98. The number of rotatable bonds is 1. The number of hydrogen-bond donors (Lipinski definition) is 2. The van der Waals surface area contributed by atoms with E-state index in [4.69, 9.17) is 11.6 Å². The molecular formula is C14H11ClN2O. The second-order valence-corrected chi connectivity index (χ2v) is 4.60. The monoisotopic (exact) mass is 258 g/mol. The summed E-state index contributed by atoms with van der Waals surface area (Å²) in [5.74, 6) is -0.0732. The minimum atomic E-state index is -0.404. The molecule has 0 saturated carbocycles. The number of halogens is 1. The zero-order valence-electron chi connectivity index (χ0n) is 9.48. The van der Waals surface area contributed by atoms with Crippen molar-refractivity contribution in [2.75, 3.05) is 10.6 Å². The molecule has 18 heavy (non-hydrogen) atoms. The van der Waals surface area contributed by atoms with Gasteiger partial charge in [-0.15, -0.1) is 0 Å². The Bertz CT molecular complexity index is 612. The van der Waals surface area contributed by atoms with Gasteiger partial charge in [-0.2, -0.15) is 0 Å². The Labute approximate surface area is 110 Å². The number of benzene rings is 2. The predicted molar refractivity (Wildman–Crippen MR) is 72.9 cm³/mol. The first-order valence-corrected chi connectivity index (χ1v) is 6.04. The van der Waals surface area contributed by atoms with Crippen molar-refractivity contribution in [1.82, 2.24) is 0 Å². The number of anilines is 2. The Hall–Kier alpha value is -2.00. The van der Waals surface area contributed by atoms with Crippen LogP contribution in [0.2, 0.25) is 5.02 Å². The third-order valence-corrected chi connectivity index (χ3v) is 3.16. The van der Waals surface area contributed by atoms with Crippen molar-refractivity contribution in [3.63, 3.8) is 0 Å². The molecule has 1 atom stereocenters. The predicted octanol–water partition coefficient (Wildman–Crippen LogP) is 3.45. The highest BCUT2D eigenvalue weighted by Crippen LogP contribution is 2.32. The average Bonchev–Trinajstić information content (AvgIpc) is 2.38. The summed E-state index contributed by atoms with van der Waals surface area (Å²) in [6.07, 6.45) is 0. The molecule has 1 unspecified atom stereocenters. The van der Waals surface area contributed by atoms with Crippen molar-refractivity contribution >= 4 is 28.9 Å². The van der Waals surface area contributed by atoms with Crippen molar-refractivity contribution in [2.24, 2.45) is 0 Å². The van der Waals surface area contributed by atoms with Crippen LogP contribution in [0, 0.1) is 0 Å². The van der Waals surface area contributed by atoms with Gasteiger partial charge in [0.15, 0.2) is 0 Å². The number of nitrogens with one attached hydrogen (secondary N) is 2. The summed E-state index contributed by atoms with van der Waals surface area (Å²) < 4.78 is 0. The van der Waals surface area contributed by atoms with E-state index in [0.717, 1.165) is 16.9 Å². The molecule has 2 aromatic carbocycles. The lowest BCUT2D eigenvalue weighted by molar-refractivity contribution is -0.117. The zero-order chi connectivity index (χ0) is 12.5. The molecule has 1 aliphatic rings. The molecule has 1 amide bonds. The molecule has 0 saturated heterocycles. The number of amides is 1. The van der Waals surface area contributed by atoms with Gasteiger partial charge in [0.05, 0.1) is 11.4 Å². The van der Waals surface area contributed by atoms with Gasteiger partial charge in [-0.05, 0) is 29.8 Å². The number of carbonyl (C=O) groups is 1. The number of carbonyl (C=O) groups excluding carboxylic acids is 1. The van der Waals surface area contributed by atoms with Gasteiger partial charge >= 0.3 is 0 Å². The standard InChI is InChI=1S/C14H11ClN2O/c15-10-5-3-4-9(8-10)13-14(18)17-12-7-2-1-6-11(12)16-13/h1-8,13,16H,(H,17,18). The fourth-order valence-electron chi connectivity index (χ4n) is 2.06. The fourth-order valence-corrected chi connectivity index (χ4v) is 2.26. The van der Waals surface area contributed by atoms with Crippen LogP contribution < -0.4 is 10.6 Å². The smallest absolute Gasteiger partial charge is 0.251 e. The lowest BCUT2D eigenvalue weighted by Crippen LogP contribution is -2.31. The van der Waals surface area contributed by atoms with Gasteiger partial charge in [-0.3, -0.25) is 4.79 Å². The van der Waals surface area contributed by atoms with Crippen LogP contribution in [0.1, 0.15) is 11.6 Å². The van der Waals surface area contributed by atoms with E-state index in [1.807, 2.05) is 36.4 Å². The van der Waals surface area contributed by atoms with Crippen molar-refractivity contribution in [3.05, 3.63) is 59.1 Å². The SMILES string of the molecule is O=C1Nc2ccccc2NC1c1cccc(Cl)c1. The second kappa shape index (κ2) is 4.35. The Kier molecular flexibility index (Phi) is 2.68. The van der Waals surface area contributed by atoms with Crippen molar-refractivity contribution < 1.29 is 4.79 Å². The second-order valence-electron chi connectivity index (χ2n) is 4.17. The summed E-state index contributed by atoms with van der Waals surface area (Å²) in [5.41, 5.74) is 2.58. The first kappa shape index (κ1) is 11.1. The highest BCUT2D eigenvalue weighted by atomic mass is 35.5. The summed E-state index contributed by atoms with van der Waals surface area (Å²) in [7, 11) is 0. The fraction of sp³-hybridized carbons (Fsp3) is 0.0714. The molecule has 0 aromatic heterocycles. The first-order valence-electron chi connectivity index (χ1n) is 5.66.